The largest absolute Gasteiger partial charge is 0.393 e. The molecule has 0 spiro atoms. The van der Waals surface area contributed by atoms with Crippen LogP contribution < -0.4 is 11.1 Å². The van der Waals surface area contributed by atoms with Crippen LogP contribution in [0.15, 0.2) is 18.2 Å². The number of hydrogen-bond acceptors (Lipinski definition) is 2. The van der Waals surface area contributed by atoms with Crippen molar-refractivity contribution < 1.29 is 4.79 Å². The lowest BCUT2D eigenvalue weighted by Crippen LogP contribution is -2.28. The van der Waals surface area contributed by atoms with E-state index in [4.69, 9.17) is 18.0 Å². The molecule has 0 atom stereocenters. The molecular formula is C12H16N2OS. The Kier molecular flexibility index (Phi) is 4.43. The van der Waals surface area contributed by atoms with Crippen LogP contribution in [-0.2, 0) is 0 Å². The van der Waals surface area contributed by atoms with Crippen molar-refractivity contribution in [3.63, 3.8) is 0 Å². The molecule has 0 bridgehead atoms. The van der Waals surface area contributed by atoms with Gasteiger partial charge in [-0.15, -0.1) is 0 Å². The highest BCUT2D eigenvalue weighted by atomic mass is 32.1. The van der Waals surface area contributed by atoms with Gasteiger partial charge in [0.15, 0.2) is 0 Å². The minimum absolute atomic E-state index is 0.0631. The van der Waals surface area contributed by atoms with Gasteiger partial charge in [-0.25, -0.2) is 0 Å². The number of benzene rings is 1. The van der Waals surface area contributed by atoms with Crippen molar-refractivity contribution in [3.05, 3.63) is 34.9 Å². The molecule has 1 rings (SSSR count). The van der Waals surface area contributed by atoms with Crippen molar-refractivity contribution >= 4 is 23.1 Å². The Balaban J connectivity index is 2.70. The van der Waals surface area contributed by atoms with Crippen LogP contribution >= 0.6 is 12.2 Å². The molecule has 3 N–H and O–H groups in total. The van der Waals surface area contributed by atoms with E-state index in [1.54, 1.807) is 0 Å². The van der Waals surface area contributed by atoms with E-state index < -0.39 is 0 Å². The van der Waals surface area contributed by atoms with Gasteiger partial charge in [-0.1, -0.05) is 30.4 Å². The number of thiocarbonyl (C=S) groups is 1. The maximum absolute atomic E-state index is 11.9. The summed E-state index contributed by atoms with van der Waals surface area (Å²) in [6.45, 7) is 4.34. The minimum Gasteiger partial charge on any atom is -0.393 e. The SMILES string of the molecule is Cc1cccc(C)c1C(=O)NCCC(N)=S. The van der Waals surface area contributed by atoms with Crippen LogP contribution in [0.3, 0.4) is 0 Å². The number of nitrogens with two attached hydrogens (primary N) is 1. The van der Waals surface area contributed by atoms with Crippen molar-refractivity contribution in [1.82, 2.24) is 5.32 Å². The Morgan fingerprint density at radius 1 is 1.38 bits per heavy atom. The molecule has 0 radical (unpaired) electrons. The van der Waals surface area contributed by atoms with Gasteiger partial charge in [-0.2, -0.15) is 0 Å². The van der Waals surface area contributed by atoms with Gasteiger partial charge in [0.1, 0.15) is 0 Å². The molecular weight excluding hydrogens is 220 g/mol. The third-order valence-corrected chi connectivity index (χ3v) is 2.57. The summed E-state index contributed by atoms with van der Waals surface area (Å²) in [6.07, 6.45) is 0.534. The summed E-state index contributed by atoms with van der Waals surface area (Å²) in [5, 5.41) is 2.81. The van der Waals surface area contributed by atoms with E-state index in [1.807, 2.05) is 32.0 Å². The van der Waals surface area contributed by atoms with E-state index in [-0.39, 0.29) is 5.91 Å². The van der Waals surface area contributed by atoms with E-state index in [2.05, 4.69) is 5.32 Å². The van der Waals surface area contributed by atoms with Crippen molar-refractivity contribution in [3.8, 4) is 0 Å². The summed E-state index contributed by atoms with van der Waals surface area (Å²) >= 11 is 4.74. The fourth-order valence-corrected chi connectivity index (χ4v) is 1.66. The average Bonchev–Trinajstić information content (AvgIpc) is 2.16. The number of hydrogen-bond donors (Lipinski definition) is 2. The van der Waals surface area contributed by atoms with Crippen molar-refractivity contribution in [1.29, 1.82) is 0 Å². The Labute approximate surface area is 101 Å². The first-order chi connectivity index (χ1) is 7.52. The molecule has 16 heavy (non-hydrogen) atoms. The van der Waals surface area contributed by atoms with Gasteiger partial charge in [0.2, 0.25) is 0 Å². The predicted octanol–water partition coefficient (Wildman–Crippen LogP) is 1.71. The van der Waals surface area contributed by atoms with Crippen molar-refractivity contribution in [2.24, 2.45) is 5.73 Å². The number of nitrogens with one attached hydrogen (secondary N) is 1. The number of rotatable bonds is 4. The van der Waals surface area contributed by atoms with Crippen LogP contribution in [0.25, 0.3) is 0 Å². The monoisotopic (exact) mass is 236 g/mol. The van der Waals surface area contributed by atoms with Gasteiger partial charge in [0, 0.05) is 18.5 Å². The second-order valence-corrected chi connectivity index (χ2v) is 4.26. The lowest BCUT2D eigenvalue weighted by molar-refractivity contribution is 0.0953. The van der Waals surface area contributed by atoms with E-state index in [9.17, 15) is 4.79 Å². The van der Waals surface area contributed by atoms with Crippen LogP contribution in [0.2, 0.25) is 0 Å². The third kappa shape index (κ3) is 3.31. The Hall–Kier alpha value is -1.42. The van der Waals surface area contributed by atoms with E-state index in [0.717, 1.165) is 16.7 Å². The van der Waals surface area contributed by atoms with Gasteiger partial charge >= 0.3 is 0 Å². The van der Waals surface area contributed by atoms with E-state index in [1.165, 1.54) is 0 Å². The normalized spacial score (nSPS) is 9.88. The zero-order valence-electron chi connectivity index (χ0n) is 9.54. The Morgan fingerprint density at radius 3 is 2.44 bits per heavy atom. The standard InChI is InChI=1S/C12H16N2OS/c1-8-4-3-5-9(2)11(8)12(15)14-7-6-10(13)16/h3-5H,6-7H2,1-2H3,(H2,13,16)(H,14,15). The summed E-state index contributed by atoms with van der Waals surface area (Å²) in [4.78, 5) is 12.3. The topological polar surface area (TPSA) is 55.1 Å². The van der Waals surface area contributed by atoms with Crippen LogP contribution in [0.1, 0.15) is 27.9 Å². The second-order valence-electron chi connectivity index (χ2n) is 3.74. The van der Waals surface area contributed by atoms with Gasteiger partial charge in [-0.05, 0) is 25.0 Å². The van der Waals surface area contributed by atoms with E-state index in [0.29, 0.717) is 18.0 Å². The number of carbonyl (C=O) groups is 1. The van der Waals surface area contributed by atoms with Gasteiger partial charge in [0.25, 0.3) is 5.91 Å². The molecule has 0 fully saturated rings. The first-order valence-electron chi connectivity index (χ1n) is 5.15. The molecule has 0 saturated heterocycles. The molecule has 0 aliphatic heterocycles. The molecule has 0 aliphatic carbocycles. The highest BCUT2D eigenvalue weighted by Gasteiger charge is 2.10. The lowest BCUT2D eigenvalue weighted by Gasteiger charge is -2.09. The Bertz CT molecular complexity index is 395. The maximum atomic E-state index is 11.9. The zero-order chi connectivity index (χ0) is 12.1. The summed E-state index contributed by atoms with van der Waals surface area (Å²) in [5.41, 5.74) is 8.06. The highest BCUT2D eigenvalue weighted by molar-refractivity contribution is 7.80. The van der Waals surface area contributed by atoms with Crippen LogP contribution in [0.4, 0.5) is 0 Å². The van der Waals surface area contributed by atoms with Crippen LogP contribution in [-0.4, -0.2) is 17.4 Å². The molecule has 86 valence electrons. The van der Waals surface area contributed by atoms with Gasteiger partial charge in [0.05, 0.1) is 4.99 Å². The number of carbonyl (C=O) groups excluding carboxylic acids is 1. The van der Waals surface area contributed by atoms with Gasteiger partial charge < -0.3 is 11.1 Å². The summed E-state index contributed by atoms with van der Waals surface area (Å²) < 4.78 is 0. The fraction of sp³-hybridized carbons (Fsp3) is 0.333. The smallest absolute Gasteiger partial charge is 0.251 e. The molecule has 0 unspecified atom stereocenters. The third-order valence-electron chi connectivity index (χ3n) is 2.37. The Morgan fingerprint density at radius 2 is 1.94 bits per heavy atom. The summed E-state index contributed by atoms with van der Waals surface area (Å²) in [5.74, 6) is -0.0631. The van der Waals surface area contributed by atoms with E-state index >= 15 is 0 Å². The minimum atomic E-state index is -0.0631. The quantitative estimate of drug-likeness (QED) is 0.782. The predicted molar refractivity (Wildman–Crippen MR) is 69.7 cm³/mol. The van der Waals surface area contributed by atoms with Crippen molar-refractivity contribution in [2.75, 3.05) is 6.54 Å². The van der Waals surface area contributed by atoms with Crippen LogP contribution in [0.5, 0.6) is 0 Å². The second kappa shape index (κ2) is 5.61. The first-order valence-corrected chi connectivity index (χ1v) is 5.56. The lowest BCUT2D eigenvalue weighted by atomic mass is 10.0. The molecule has 0 heterocycles. The number of aryl methyl sites for hydroxylation is 2. The molecule has 1 aromatic carbocycles. The zero-order valence-corrected chi connectivity index (χ0v) is 10.4. The summed E-state index contributed by atoms with van der Waals surface area (Å²) in [7, 11) is 0. The maximum Gasteiger partial charge on any atom is 0.251 e. The molecule has 3 nitrogen and oxygen atoms in total. The molecule has 0 aliphatic rings. The summed E-state index contributed by atoms with van der Waals surface area (Å²) in [6, 6.07) is 5.79. The fourth-order valence-electron chi connectivity index (χ4n) is 1.56. The molecule has 0 aromatic heterocycles. The average molecular weight is 236 g/mol. The molecule has 4 heteroatoms. The number of amides is 1. The van der Waals surface area contributed by atoms with Crippen LogP contribution in [0, 0.1) is 13.8 Å². The first kappa shape index (κ1) is 12.6. The highest BCUT2D eigenvalue weighted by Crippen LogP contribution is 2.12. The van der Waals surface area contributed by atoms with Gasteiger partial charge in [-0.3, -0.25) is 4.79 Å². The van der Waals surface area contributed by atoms with Crippen molar-refractivity contribution in [2.45, 2.75) is 20.3 Å². The molecule has 1 aromatic rings. The molecule has 1 amide bonds. The molecule has 0 saturated carbocycles.